The summed E-state index contributed by atoms with van der Waals surface area (Å²) >= 11 is 0. The molecule has 0 aromatic heterocycles. The molecule has 0 aliphatic rings. The largest absolute Gasteiger partial charge is 0.481 e. The van der Waals surface area contributed by atoms with Gasteiger partial charge in [-0.3, -0.25) is 9.59 Å². The zero-order valence-electron chi connectivity index (χ0n) is 19.3. The number of carbonyl (C=O) groups is 2. The first-order valence-electron chi connectivity index (χ1n) is 11.9. The van der Waals surface area contributed by atoms with Crippen LogP contribution in [0.2, 0.25) is 0 Å². The number of allylic oxidation sites excluding steroid dienone is 1. The topological polar surface area (TPSA) is 74.6 Å². The predicted octanol–water partition coefficient (Wildman–Crippen LogP) is 7.62. The van der Waals surface area contributed by atoms with Crippen molar-refractivity contribution < 1.29 is 19.8 Å². The lowest BCUT2D eigenvalue weighted by Crippen LogP contribution is -2.31. The van der Waals surface area contributed by atoms with Gasteiger partial charge in [-0.05, 0) is 18.3 Å². The summed E-state index contributed by atoms with van der Waals surface area (Å²) in [6, 6.07) is 0. The Hall–Kier alpha value is -1.32. The molecule has 0 aliphatic heterocycles. The Morgan fingerprint density at radius 3 is 1.55 bits per heavy atom. The number of unbranched alkanes of at least 4 members (excludes halogenated alkanes) is 14. The van der Waals surface area contributed by atoms with Gasteiger partial charge in [0.05, 0.1) is 12.3 Å². The number of hydrogen-bond donors (Lipinski definition) is 2. The zero-order chi connectivity index (χ0) is 22.0. The van der Waals surface area contributed by atoms with Crippen LogP contribution in [0.4, 0.5) is 0 Å². The first kappa shape index (κ1) is 27.7. The van der Waals surface area contributed by atoms with Gasteiger partial charge in [0, 0.05) is 0 Å². The molecule has 1 atom stereocenters. The zero-order valence-corrected chi connectivity index (χ0v) is 19.3. The van der Waals surface area contributed by atoms with Crippen molar-refractivity contribution >= 4 is 11.9 Å². The van der Waals surface area contributed by atoms with E-state index in [1.54, 1.807) is 19.9 Å². The lowest BCUT2D eigenvalue weighted by Gasteiger charge is -2.27. The van der Waals surface area contributed by atoms with E-state index in [2.05, 4.69) is 6.92 Å². The van der Waals surface area contributed by atoms with Gasteiger partial charge in [-0.15, -0.1) is 0 Å². The first-order valence-corrected chi connectivity index (χ1v) is 11.9. The molecule has 0 aromatic rings. The second kappa shape index (κ2) is 17.5. The van der Waals surface area contributed by atoms with Crippen LogP contribution in [0.25, 0.3) is 0 Å². The van der Waals surface area contributed by atoms with Crippen molar-refractivity contribution in [1.82, 2.24) is 0 Å². The normalized spacial score (nSPS) is 13.1. The Bertz CT molecular complexity index is 454. The van der Waals surface area contributed by atoms with E-state index in [4.69, 9.17) is 5.11 Å². The maximum Gasteiger partial charge on any atom is 0.310 e. The standard InChI is InChI=1S/C25H46O4/c1-4-5-6-7-8-9-10-11-12-13-14-15-16-17-18-19-20-22(24(28)29)25(2,3)21-23(26)27/h19-20,22H,4-18,21H2,1-3H3,(H,26,27)(H,28,29). The van der Waals surface area contributed by atoms with Gasteiger partial charge < -0.3 is 10.2 Å². The first-order chi connectivity index (χ1) is 13.8. The van der Waals surface area contributed by atoms with Gasteiger partial charge in [-0.25, -0.2) is 0 Å². The highest BCUT2D eigenvalue weighted by molar-refractivity contribution is 5.75. The third-order valence-electron chi connectivity index (χ3n) is 5.77. The smallest absolute Gasteiger partial charge is 0.310 e. The van der Waals surface area contributed by atoms with Gasteiger partial charge in [-0.1, -0.05) is 116 Å². The Balaban J connectivity index is 3.68. The number of aliphatic carboxylic acids is 2. The van der Waals surface area contributed by atoms with Gasteiger partial charge in [0.15, 0.2) is 0 Å². The van der Waals surface area contributed by atoms with Gasteiger partial charge in [0.2, 0.25) is 0 Å². The molecule has 0 bridgehead atoms. The molecule has 0 saturated heterocycles. The molecule has 0 spiro atoms. The van der Waals surface area contributed by atoms with Crippen molar-refractivity contribution in [2.45, 2.75) is 124 Å². The van der Waals surface area contributed by atoms with Gasteiger partial charge in [-0.2, -0.15) is 0 Å². The molecule has 0 saturated carbocycles. The fraction of sp³-hybridized carbons (Fsp3) is 0.840. The maximum absolute atomic E-state index is 11.5. The van der Waals surface area contributed by atoms with E-state index < -0.39 is 23.3 Å². The van der Waals surface area contributed by atoms with Crippen LogP contribution in [0.1, 0.15) is 124 Å². The fourth-order valence-corrected chi connectivity index (χ4v) is 3.87. The molecule has 4 nitrogen and oxygen atoms in total. The van der Waals surface area contributed by atoms with Crippen LogP contribution in [-0.2, 0) is 9.59 Å². The van der Waals surface area contributed by atoms with Crippen molar-refractivity contribution in [2.24, 2.45) is 11.3 Å². The van der Waals surface area contributed by atoms with Crippen LogP contribution in [0.3, 0.4) is 0 Å². The van der Waals surface area contributed by atoms with E-state index >= 15 is 0 Å². The van der Waals surface area contributed by atoms with Crippen molar-refractivity contribution in [1.29, 1.82) is 0 Å². The molecular formula is C25H46O4. The highest BCUT2D eigenvalue weighted by Crippen LogP contribution is 2.32. The summed E-state index contributed by atoms with van der Waals surface area (Å²) in [5.74, 6) is -2.67. The number of carboxylic acids is 2. The third-order valence-corrected chi connectivity index (χ3v) is 5.77. The van der Waals surface area contributed by atoms with Crippen LogP contribution >= 0.6 is 0 Å². The van der Waals surface area contributed by atoms with E-state index in [1.807, 2.05) is 6.08 Å². The predicted molar refractivity (Wildman–Crippen MR) is 121 cm³/mol. The van der Waals surface area contributed by atoms with Crippen LogP contribution < -0.4 is 0 Å². The van der Waals surface area contributed by atoms with E-state index in [0.717, 1.165) is 12.8 Å². The second-order valence-electron chi connectivity index (χ2n) is 9.19. The summed E-state index contributed by atoms with van der Waals surface area (Å²) in [4.78, 5) is 22.4. The van der Waals surface area contributed by atoms with Crippen LogP contribution in [0.15, 0.2) is 12.2 Å². The summed E-state index contributed by atoms with van der Waals surface area (Å²) < 4.78 is 0. The van der Waals surface area contributed by atoms with Crippen LogP contribution in [0.5, 0.6) is 0 Å². The maximum atomic E-state index is 11.5. The van der Waals surface area contributed by atoms with Crippen molar-refractivity contribution in [3.05, 3.63) is 12.2 Å². The molecule has 2 N–H and O–H groups in total. The van der Waals surface area contributed by atoms with Crippen molar-refractivity contribution in [2.75, 3.05) is 0 Å². The molecule has 29 heavy (non-hydrogen) atoms. The quantitative estimate of drug-likeness (QED) is 0.160. The third kappa shape index (κ3) is 16.2. The molecule has 170 valence electrons. The molecule has 4 heteroatoms. The lowest BCUT2D eigenvalue weighted by atomic mass is 9.76. The SMILES string of the molecule is CCCCCCCCCCCCCCCCC=CC(C(=O)O)C(C)(C)CC(=O)O. The summed E-state index contributed by atoms with van der Waals surface area (Å²) in [6.45, 7) is 5.67. The minimum absolute atomic E-state index is 0.146. The molecule has 0 amide bonds. The Morgan fingerprint density at radius 1 is 0.759 bits per heavy atom. The van der Waals surface area contributed by atoms with Crippen molar-refractivity contribution in [3.8, 4) is 0 Å². The molecular weight excluding hydrogens is 364 g/mol. The molecule has 0 heterocycles. The number of hydrogen-bond acceptors (Lipinski definition) is 2. The minimum Gasteiger partial charge on any atom is -0.481 e. The number of rotatable bonds is 20. The molecule has 0 radical (unpaired) electrons. The summed E-state index contributed by atoms with van der Waals surface area (Å²) in [7, 11) is 0. The van der Waals surface area contributed by atoms with E-state index in [9.17, 15) is 14.7 Å². The van der Waals surface area contributed by atoms with E-state index in [0.29, 0.717) is 0 Å². The molecule has 0 fully saturated rings. The van der Waals surface area contributed by atoms with E-state index in [1.165, 1.54) is 83.5 Å². The van der Waals surface area contributed by atoms with Gasteiger partial charge in [0.25, 0.3) is 0 Å². The van der Waals surface area contributed by atoms with Gasteiger partial charge >= 0.3 is 11.9 Å². The fourth-order valence-electron chi connectivity index (χ4n) is 3.87. The summed E-state index contributed by atoms with van der Waals surface area (Å²) in [5.41, 5.74) is -0.788. The molecule has 1 unspecified atom stereocenters. The van der Waals surface area contributed by atoms with E-state index in [-0.39, 0.29) is 6.42 Å². The van der Waals surface area contributed by atoms with Crippen LogP contribution in [0, 0.1) is 11.3 Å². The Morgan fingerprint density at radius 2 is 1.17 bits per heavy atom. The lowest BCUT2D eigenvalue weighted by molar-refractivity contribution is -0.146. The second-order valence-corrected chi connectivity index (χ2v) is 9.19. The Labute approximate surface area is 179 Å². The minimum atomic E-state index is -0.957. The highest BCUT2D eigenvalue weighted by atomic mass is 16.4. The number of carboxylic acid groups (broad SMARTS) is 2. The molecule has 0 aromatic carbocycles. The molecule has 0 aliphatic carbocycles. The van der Waals surface area contributed by atoms with Gasteiger partial charge in [0.1, 0.15) is 0 Å². The average Bonchev–Trinajstić information content (AvgIpc) is 2.62. The monoisotopic (exact) mass is 410 g/mol. The summed E-state index contributed by atoms with van der Waals surface area (Å²) in [5, 5.41) is 18.4. The summed E-state index contributed by atoms with van der Waals surface area (Å²) in [6.07, 6.45) is 22.9. The average molecular weight is 411 g/mol. The molecule has 0 rings (SSSR count). The highest BCUT2D eigenvalue weighted by Gasteiger charge is 2.35. The van der Waals surface area contributed by atoms with Crippen LogP contribution in [-0.4, -0.2) is 22.2 Å². The Kier molecular flexibility index (Phi) is 16.7. The van der Waals surface area contributed by atoms with Crippen molar-refractivity contribution in [3.63, 3.8) is 0 Å².